The Balaban J connectivity index is 2.85. The molecule has 0 amide bonds. The van der Waals surface area contributed by atoms with E-state index in [1.165, 1.54) is 21.9 Å². The zero-order chi connectivity index (χ0) is 11.8. The third kappa shape index (κ3) is 1.76. The Labute approximate surface area is 97.6 Å². The number of fused-ring (bicyclic) bond motifs is 1. The molecule has 0 spiro atoms. The van der Waals surface area contributed by atoms with Crippen molar-refractivity contribution in [2.45, 2.75) is 26.2 Å². The molecule has 0 aromatic heterocycles. The molecule has 2 aromatic carbocycles. The van der Waals surface area contributed by atoms with E-state index in [2.05, 4.69) is 63.7 Å². The molecule has 0 N–H and O–H groups in total. The van der Waals surface area contributed by atoms with Crippen LogP contribution in [0.2, 0.25) is 0 Å². The Morgan fingerprint density at radius 2 is 1.56 bits per heavy atom. The third-order valence-corrected chi connectivity index (χ3v) is 2.99. The fourth-order valence-corrected chi connectivity index (χ4v) is 2.15. The van der Waals surface area contributed by atoms with Crippen molar-refractivity contribution in [1.29, 1.82) is 0 Å². The molecule has 0 aliphatic rings. The van der Waals surface area contributed by atoms with Crippen molar-refractivity contribution < 1.29 is 0 Å². The first-order valence-electron chi connectivity index (χ1n) is 5.68. The highest BCUT2D eigenvalue weighted by molar-refractivity contribution is 5.93. The maximum atomic E-state index is 3.87. The van der Waals surface area contributed by atoms with Gasteiger partial charge in [0.25, 0.3) is 0 Å². The quantitative estimate of drug-likeness (QED) is 0.635. The van der Waals surface area contributed by atoms with Gasteiger partial charge in [-0.1, -0.05) is 69.8 Å². The highest BCUT2D eigenvalue weighted by Crippen LogP contribution is 2.31. The second-order valence-electron chi connectivity index (χ2n) is 5.20. The van der Waals surface area contributed by atoms with Gasteiger partial charge in [-0.2, -0.15) is 0 Å². The summed E-state index contributed by atoms with van der Waals surface area (Å²) in [6, 6.07) is 12.9. The van der Waals surface area contributed by atoms with Crippen LogP contribution in [-0.2, 0) is 5.41 Å². The Hall–Kier alpha value is -1.56. The molecule has 0 unspecified atom stereocenters. The average molecular weight is 210 g/mol. The van der Waals surface area contributed by atoms with E-state index in [1.54, 1.807) is 0 Å². The smallest absolute Gasteiger partial charge is 0.0109 e. The molecule has 0 heteroatoms. The van der Waals surface area contributed by atoms with E-state index in [0.717, 1.165) is 0 Å². The topological polar surface area (TPSA) is 0 Å². The highest BCUT2D eigenvalue weighted by atomic mass is 14.2. The molecule has 2 rings (SSSR count). The van der Waals surface area contributed by atoms with Crippen LogP contribution in [0, 0.1) is 0 Å². The Morgan fingerprint density at radius 3 is 2.12 bits per heavy atom. The summed E-state index contributed by atoms with van der Waals surface area (Å²) in [5.74, 6) is 0. The van der Waals surface area contributed by atoms with E-state index in [0.29, 0.717) is 0 Å². The van der Waals surface area contributed by atoms with Crippen molar-refractivity contribution in [3.05, 3.63) is 54.1 Å². The van der Waals surface area contributed by atoms with Crippen LogP contribution in [0.15, 0.2) is 43.0 Å². The summed E-state index contributed by atoms with van der Waals surface area (Å²) in [5, 5.41) is 2.64. The minimum absolute atomic E-state index is 0.180. The van der Waals surface area contributed by atoms with Crippen molar-refractivity contribution in [2.75, 3.05) is 0 Å². The molecular weight excluding hydrogens is 192 g/mol. The van der Waals surface area contributed by atoms with Gasteiger partial charge in [0.15, 0.2) is 0 Å². The SMILES string of the molecule is C=Cc1ccc(C(C)(C)C)c2ccccc12. The van der Waals surface area contributed by atoms with Crippen LogP contribution in [0.25, 0.3) is 16.8 Å². The summed E-state index contributed by atoms with van der Waals surface area (Å²) in [6.45, 7) is 10.6. The van der Waals surface area contributed by atoms with Gasteiger partial charge in [-0.15, -0.1) is 0 Å². The van der Waals surface area contributed by atoms with Gasteiger partial charge in [-0.3, -0.25) is 0 Å². The second-order valence-corrected chi connectivity index (χ2v) is 5.20. The molecule has 2 aromatic rings. The lowest BCUT2D eigenvalue weighted by atomic mass is 9.83. The van der Waals surface area contributed by atoms with Crippen LogP contribution in [0.3, 0.4) is 0 Å². The van der Waals surface area contributed by atoms with E-state index < -0.39 is 0 Å². The molecule has 0 nitrogen and oxygen atoms in total. The maximum Gasteiger partial charge on any atom is -0.0109 e. The predicted octanol–water partition coefficient (Wildman–Crippen LogP) is 4.78. The molecule has 0 aliphatic carbocycles. The van der Waals surface area contributed by atoms with Crippen molar-refractivity contribution in [3.63, 3.8) is 0 Å². The van der Waals surface area contributed by atoms with Gasteiger partial charge in [0, 0.05) is 0 Å². The molecule has 0 radical (unpaired) electrons. The van der Waals surface area contributed by atoms with Crippen LogP contribution in [-0.4, -0.2) is 0 Å². The van der Waals surface area contributed by atoms with Gasteiger partial charge in [0.05, 0.1) is 0 Å². The van der Waals surface area contributed by atoms with Crippen molar-refractivity contribution in [2.24, 2.45) is 0 Å². The Kier molecular flexibility index (Phi) is 2.59. The summed E-state index contributed by atoms with van der Waals surface area (Å²) in [5.41, 5.74) is 2.79. The number of hydrogen-bond acceptors (Lipinski definition) is 0. The molecule has 0 bridgehead atoms. The Morgan fingerprint density at radius 1 is 0.938 bits per heavy atom. The molecule has 0 saturated heterocycles. The zero-order valence-electron chi connectivity index (χ0n) is 10.2. The fourth-order valence-electron chi connectivity index (χ4n) is 2.15. The standard InChI is InChI=1S/C16H18/c1-5-12-10-11-15(16(2,3)4)14-9-7-6-8-13(12)14/h5-11H,1H2,2-4H3. The molecule has 0 heterocycles. The summed E-state index contributed by atoms with van der Waals surface area (Å²) < 4.78 is 0. The van der Waals surface area contributed by atoms with E-state index >= 15 is 0 Å². The predicted molar refractivity (Wildman–Crippen MR) is 72.7 cm³/mol. The number of rotatable bonds is 1. The average Bonchev–Trinajstić information content (AvgIpc) is 2.26. The first kappa shape index (κ1) is 10.9. The summed E-state index contributed by atoms with van der Waals surface area (Å²) in [4.78, 5) is 0. The van der Waals surface area contributed by atoms with Gasteiger partial charge in [0.1, 0.15) is 0 Å². The molecular formula is C16H18. The van der Waals surface area contributed by atoms with Crippen LogP contribution in [0.4, 0.5) is 0 Å². The van der Waals surface area contributed by atoms with E-state index in [4.69, 9.17) is 0 Å². The Bertz CT molecular complexity index is 527. The first-order chi connectivity index (χ1) is 7.54. The summed E-state index contributed by atoms with van der Waals surface area (Å²) in [6.07, 6.45) is 1.93. The minimum Gasteiger partial charge on any atom is -0.0984 e. The number of benzene rings is 2. The molecule has 82 valence electrons. The van der Waals surface area contributed by atoms with E-state index in [-0.39, 0.29) is 5.41 Å². The van der Waals surface area contributed by atoms with Crippen molar-refractivity contribution in [1.82, 2.24) is 0 Å². The normalized spacial score (nSPS) is 11.7. The largest absolute Gasteiger partial charge is 0.0984 e. The monoisotopic (exact) mass is 210 g/mol. The van der Waals surface area contributed by atoms with Crippen LogP contribution >= 0.6 is 0 Å². The number of hydrogen-bond donors (Lipinski definition) is 0. The van der Waals surface area contributed by atoms with Crippen LogP contribution < -0.4 is 0 Å². The van der Waals surface area contributed by atoms with E-state index in [1.807, 2.05) is 6.08 Å². The maximum absolute atomic E-state index is 3.87. The molecule has 0 atom stereocenters. The lowest BCUT2D eigenvalue weighted by Crippen LogP contribution is -2.11. The van der Waals surface area contributed by atoms with Crippen LogP contribution in [0.1, 0.15) is 31.9 Å². The van der Waals surface area contributed by atoms with Crippen molar-refractivity contribution in [3.8, 4) is 0 Å². The van der Waals surface area contributed by atoms with Crippen LogP contribution in [0.5, 0.6) is 0 Å². The van der Waals surface area contributed by atoms with E-state index in [9.17, 15) is 0 Å². The highest BCUT2D eigenvalue weighted by Gasteiger charge is 2.16. The lowest BCUT2D eigenvalue weighted by molar-refractivity contribution is 0.596. The van der Waals surface area contributed by atoms with Gasteiger partial charge < -0.3 is 0 Å². The van der Waals surface area contributed by atoms with Gasteiger partial charge in [-0.25, -0.2) is 0 Å². The fraction of sp³-hybridized carbons (Fsp3) is 0.250. The minimum atomic E-state index is 0.180. The first-order valence-corrected chi connectivity index (χ1v) is 5.68. The summed E-state index contributed by atoms with van der Waals surface area (Å²) in [7, 11) is 0. The molecule has 0 fully saturated rings. The third-order valence-electron chi connectivity index (χ3n) is 2.99. The molecule has 0 aliphatic heterocycles. The second kappa shape index (κ2) is 3.79. The zero-order valence-corrected chi connectivity index (χ0v) is 10.2. The van der Waals surface area contributed by atoms with Crippen molar-refractivity contribution >= 4 is 16.8 Å². The van der Waals surface area contributed by atoms with Gasteiger partial charge >= 0.3 is 0 Å². The van der Waals surface area contributed by atoms with Gasteiger partial charge in [-0.05, 0) is 27.3 Å². The summed E-state index contributed by atoms with van der Waals surface area (Å²) >= 11 is 0. The molecule has 16 heavy (non-hydrogen) atoms. The van der Waals surface area contributed by atoms with Gasteiger partial charge in [0.2, 0.25) is 0 Å². The molecule has 0 saturated carbocycles. The lowest BCUT2D eigenvalue weighted by Gasteiger charge is -2.22.